The molecule has 112 valence electrons. The van der Waals surface area contributed by atoms with Gasteiger partial charge in [0.1, 0.15) is 11.6 Å². The molecule has 0 aliphatic carbocycles. The molecule has 6 heteroatoms. The highest BCUT2D eigenvalue weighted by Crippen LogP contribution is 2.30. The van der Waals surface area contributed by atoms with Crippen molar-refractivity contribution in [3.8, 4) is 0 Å². The van der Waals surface area contributed by atoms with Gasteiger partial charge in [-0.3, -0.25) is 0 Å². The van der Waals surface area contributed by atoms with E-state index in [0.717, 1.165) is 30.3 Å². The van der Waals surface area contributed by atoms with Crippen molar-refractivity contribution >= 4 is 5.69 Å². The Balaban J connectivity index is 2.16. The normalized spacial score (nSPS) is 13.0. The fourth-order valence-corrected chi connectivity index (χ4v) is 1.93. The zero-order chi connectivity index (χ0) is 15.6. The number of hydrogen-bond donors (Lipinski definition) is 1. The second-order valence-electron chi connectivity index (χ2n) is 4.61. The zero-order valence-corrected chi connectivity index (χ0v) is 11.0. The number of alkyl halides is 3. The maximum Gasteiger partial charge on any atom is 0.416 e. The van der Waals surface area contributed by atoms with Crippen LogP contribution in [0.2, 0.25) is 0 Å². The molecule has 0 heterocycles. The molecule has 0 saturated heterocycles. The molecule has 2 aromatic carbocycles. The van der Waals surface area contributed by atoms with E-state index in [1.165, 1.54) is 12.1 Å². The summed E-state index contributed by atoms with van der Waals surface area (Å²) in [7, 11) is 0. The minimum absolute atomic E-state index is 0.106. The molecular weight excluding hydrogens is 289 g/mol. The Hall–Kier alpha value is -2.11. The van der Waals surface area contributed by atoms with Gasteiger partial charge in [-0.05, 0) is 49.4 Å². The SMILES string of the molecule is CC(Nc1ccc(C(F)(F)F)cc1)c1cc(F)ccc1F. The first-order valence-electron chi connectivity index (χ1n) is 6.16. The molecule has 0 aliphatic heterocycles. The van der Waals surface area contributed by atoms with Crippen LogP contribution in [0.5, 0.6) is 0 Å². The molecule has 1 atom stereocenters. The summed E-state index contributed by atoms with van der Waals surface area (Å²) in [5.41, 5.74) is -0.272. The van der Waals surface area contributed by atoms with E-state index in [9.17, 15) is 22.0 Å². The van der Waals surface area contributed by atoms with Crippen molar-refractivity contribution < 1.29 is 22.0 Å². The summed E-state index contributed by atoms with van der Waals surface area (Å²) in [4.78, 5) is 0. The lowest BCUT2D eigenvalue weighted by Gasteiger charge is -2.17. The molecule has 21 heavy (non-hydrogen) atoms. The van der Waals surface area contributed by atoms with Gasteiger partial charge in [0.05, 0.1) is 11.6 Å². The number of rotatable bonds is 3. The second-order valence-corrected chi connectivity index (χ2v) is 4.61. The Morgan fingerprint density at radius 1 is 0.952 bits per heavy atom. The largest absolute Gasteiger partial charge is 0.416 e. The van der Waals surface area contributed by atoms with E-state index in [4.69, 9.17) is 0 Å². The van der Waals surface area contributed by atoms with Crippen LogP contribution in [-0.2, 0) is 6.18 Å². The van der Waals surface area contributed by atoms with Crippen LogP contribution in [-0.4, -0.2) is 0 Å². The fourth-order valence-electron chi connectivity index (χ4n) is 1.93. The fraction of sp³-hybridized carbons (Fsp3) is 0.200. The van der Waals surface area contributed by atoms with Crippen LogP contribution in [0.25, 0.3) is 0 Å². The van der Waals surface area contributed by atoms with E-state index in [0.29, 0.717) is 5.69 Å². The zero-order valence-electron chi connectivity index (χ0n) is 11.0. The Labute approximate surface area is 118 Å². The molecule has 0 saturated carbocycles. The molecule has 0 fully saturated rings. The maximum absolute atomic E-state index is 13.6. The lowest BCUT2D eigenvalue weighted by atomic mass is 10.1. The van der Waals surface area contributed by atoms with Gasteiger partial charge in [0, 0.05) is 11.3 Å². The quantitative estimate of drug-likeness (QED) is 0.772. The molecule has 0 aliphatic rings. The first-order valence-corrected chi connectivity index (χ1v) is 6.16. The Kier molecular flexibility index (Phi) is 4.16. The van der Waals surface area contributed by atoms with E-state index in [2.05, 4.69) is 5.32 Å². The summed E-state index contributed by atoms with van der Waals surface area (Å²) in [6.07, 6.45) is -4.40. The van der Waals surface area contributed by atoms with Crippen molar-refractivity contribution in [2.75, 3.05) is 5.32 Å². The van der Waals surface area contributed by atoms with Crippen molar-refractivity contribution in [3.05, 3.63) is 65.2 Å². The monoisotopic (exact) mass is 301 g/mol. The van der Waals surface area contributed by atoms with E-state index in [1.54, 1.807) is 6.92 Å². The van der Waals surface area contributed by atoms with Gasteiger partial charge in [-0.15, -0.1) is 0 Å². The van der Waals surface area contributed by atoms with Gasteiger partial charge in [0.25, 0.3) is 0 Å². The first kappa shape index (κ1) is 15.3. The average Bonchev–Trinajstić information content (AvgIpc) is 2.41. The third kappa shape index (κ3) is 3.71. The highest BCUT2D eigenvalue weighted by atomic mass is 19.4. The molecular formula is C15H12F5N. The summed E-state index contributed by atoms with van der Waals surface area (Å²) in [5, 5.41) is 2.83. The summed E-state index contributed by atoms with van der Waals surface area (Å²) in [6.45, 7) is 1.59. The third-order valence-electron chi connectivity index (χ3n) is 3.02. The molecule has 1 nitrogen and oxygen atoms in total. The van der Waals surface area contributed by atoms with Gasteiger partial charge in [0.2, 0.25) is 0 Å². The predicted molar refractivity (Wildman–Crippen MR) is 69.8 cm³/mol. The molecule has 1 unspecified atom stereocenters. The highest BCUT2D eigenvalue weighted by Gasteiger charge is 2.30. The standard InChI is InChI=1S/C15H12F5N/c1-9(13-8-11(16)4-7-14(13)17)21-12-5-2-10(3-6-12)15(18,19)20/h2-9,21H,1H3. The van der Waals surface area contributed by atoms with Gasteiger partial charge in [0.15, 0.2) is 0 Å². The van der Waals surface area contributed by atoms with Crippen LogP contribution in [0.15, 0.2) is 42.5 Å². The lowest BCUT2D eigenvalue weighted by molar-refractivity contribution is -0.137. The van der Waals surface area contributed by atoms with Crippen LogP contribution < -0.4 is 5.32 Å². The average molecular weight is 301 g/mol. The van der Waals surface area contributed by atoms with Crippen LogP contribution in [0.3, 0.4) is 0 Å². The molecule has 0 radical (unpaired) electrons. The minimum Gasteiger partial charge on any atom is -0.378 e. The molecule has 0 bridgehead atoms. The molecule has 2 rings (SSSR count). The van der Waals surface area contributed by atoms with Crippen LogP contribution in [0.4, 0.5) is 27.6 Å². The number of benzene rings is 2. The summed E-state index contributed by atoms with van der Waals surface area (Å²) in [5.74, 6) is -1.16. The van der Waals surface area contributed by atoms with Gasteiger partial charge >= 0.3 is 6.18 Å². The highest BCUT2D eigenvalue weighted by molar-refractivity contribution is 5.47. The van der Waals surface area contributed by atoms with E-state index in [1.807, 2.05) is 0 Å². The number of nitrogens with one attached hydrogen (secondary N) is 1. The molecule has 0 amide bonds. The van der Waals surface area contributed by atoms with Gasteiger partial charge in [-0.25, -0.2) is 8.78 Å². The van der Waals surface area contributed by atoms with E-state index >= 15 is 0 Å². The maximum atomic E-state index is 13.6. The van der Waals surface area contributed by atoms with Crippen LogP contribution in [0, 0.1) is 11.6 Å². The van der Waals surface area contributed by atoms with Gasteiger partial charge in [-0.2, -0.15) is 13.2 Å². The van der Waals surface area contributed by atoms with Crippen molar-refractivity contribution in [1.29, 1.82) is 0 Å². The molecule has 1 N–H and O–H groups in total. The van der Waals surface area contributed by atoms with Crippen LogP contribution in [0.1, 0.15) is 24.1 Å². The number of anilines is 1. The smallest absolute Gasteiger partial charge is 0.378 e. The van der Waals surface area contributed by atoms with Crippen molar-refractivity contribution in [3.63, 3.8) is 0 Å². The predicted octanol–water partition coefficient (Wildman–Crippen LogP) is 5.16. The third-order valence-corrected chi connectivity index (χ3v) is 3.02. The van der Waals surface area contributed by atoms with Gasteiger partial charge in [-0.1, -0.05) is 0 Å². The van der Waals surface area contributed by atoms with Crippen molar-refractivity contribution in [2.45, 2.75) is 19.1 Å². The minimum atomic E-state index is -4.40. The number of halogens is 5. The van der Waals surface area contributed by atoms with Crippen molar-refractivity contribution in [2.24, 2.45) is 0 Å². The molecule has 2 aromatic rings. The van der Waals surface area contributed by atoms with E-state index < -0.39 is 29.4 Å². The lowest BCUT2D eigenvalue weighted by Crippen LogP contribution is -2.10. The summed E-state index contributed by atoms with van der Waals surface area (Å²) < 4.78 is 64.0. The van der Waals surface area contributed by atoms with Crippen molar-refractivity contribution in [1.82, 2.24) is 0 Å². The molecule has 0 spiro atoms. The van der Waals surface area contributed by atoms with Gasteiger partial charge < -0.3 is 5.32 Å². The Bertz CT molecular complexity index is 619. The number of hydrogen-bond acceptors (Lipinski definition) is 1. The summed E-state index contributed by atoms with van der Waals surface area (Å²) >= 11 is 0. The topological polar surface area (TPSA) is 12.0 Å². The molecule has 0 aromatic heterocycles. The summed E-state index contributed by atoms with van der Waals surface area (Å²) in [6, 6.07) is 6.83. The second kappa shape index (κ2) is 5.71. The Morgan fingerprint density at radius 2 is 1.57 bits per heavy atom. The van der Waals surface area contributed by atoms with Crippen LogP contribution >= 0.6 is 0 Å². The first-order chi connectivity index (χ1) is 9.77. The Morgan fingerprint density at radius 3 is 2.14 bits per heavy atom. The van der Waals surface area contributed by atoms with E-state index in [-0.39, 0.29) is 5.56 Å².